The first kappa shape index (κ1) is 12.6. The van der Waals surface area contributed by atoms with Gasteiger partial charge in [0.05, 0.1) is 18.5 Å². The number of aromatic nitrogens is 2. The Morgan fingerprint density at radius 1 is 1.33 bits per heavy atom. The van der Waals surface area contributed by atoms with Gasteiger partial charge in [-0.3, -0.25) is 4.68 Å². The van der Waals surface area contributed by atoms with Crippen LogP contribution in [0.3, 0.4) is 0 Å². The predicted molar refractivity (Wildman–Crippen MR) is 72.5 cm³/mol. The summed E-state index contributed by atoms with van der Waals surface area (Å²) >= 11 is 0. The van der Waals surface area contributed by atoms with Crippen LogP contribution in [0.15, 0.2) is 24.3 Å². The molecule has 4 heteroatoms. The molecule has 0 saturated heterocycles. The smallest absolute Gasteiger partial charge is 0.122 e. The third-order valence-electron chi connectivity index (χ3n) is 3.14. The van der Waals surface area contributed by atoms with Crippen LogP contribution in [0, 0.1) is 0 Å². The Balaban J connectivity index is 2.44. The zero-order valence-corrected chi connectivity index (χ0v) is 11.1. The van der Waals surface area contributed by atoms with Gasteiger partial charge in [0.1, 0.15) is 5.75 Å². The molecule has 1 aromatic heterocycles. The van der Waals surface area contributed by atoms with Crippen molar-refractivity contribution in [3.05, 3.63) is 35.5 Å². The average molecular weight is 245 g/mol. The Kier molecular flexibility index (Phi) is 3.67. The maximum atomic E-state index is 5.66. The molecule has 4 nitrogen and oxygen atoms in total. The Morgan fingerprint density at radius 2 is 2.11 bits per heavy atom. The van der Waals surface area contributed by atoms with Crippen LogP contribution in [0.1, 0.15) is 18.2 Å². The Bertz CT molecular complexity index is 546. The van der Waals surface area contributed by atoms with Crippen LogP contribution in [0.5, 0.6) is 5.75 Å². The van der Waals surface area contributed by atoms with Gasteiger partial charge in [0.2, 0.25) is 0 Å². The Morgan fingerprint density at radius 3 is 2.67 bits per heavy atom. The van der Waals surface area contributed by atoms with E-state index in [9.17, 15) is 0 Å². The molecule has 0 unspecified atom stereocenters. The molecule has 0 radical (unpaired) electrons. The average Bonchev–Trinajstić information content (AvgIpc) is 2.79. The van der Waals surface area contributed by atoms with E-state index < -0.39 is 0 Å². The van der Waals surface area contributed by atoms with E-state index in [4.69, 9.17) is 10.5 Å². The van der Waals surface area contributed by atoms with Crippen LogP contribution >= 0.6 is 0 Å². The molecule has 0 atom stereocenters. The Hall–Kier alpha value is -1.81. The van der Waals surface area contributed by atoms with Crippen molar-refractivity contribution in [2.45, 2.75) is 19.9 Å². The number of hydrogen-bond acceptors (Lipinski definition) is 3. The van der Waals surface area contributed by atoms with Crippen molar-refractivity contribution >= 4 is 0 Å². The van der Waals surface area contributed by atoms with Crippen LogP contribution in [0.2, 0.25) is 0 Å². The highest BCUT2D eigenvalue weighted by Crippen LogP contribution is 2.26. The lowest BCUT2D eigenvalue weighted by molar-refractivity contribution is 0.410. The molecule has 0 aliphatic carbocycles. The highest BCUT2D eigenvalue weighted by molar-refractivity contribution is 5.62. The quantitative estimate of drug-likeness (QED) is 0.897. The number of ether oxygens (including phenoxy) is 1. The first-order valence-corrected chi connectivity index (χ1v) is 6.09. The van der Waals surface area contributed by atoms with Crippen molar-refractivity contribution < 1.29 is 4.74 Å². The molecule has 0 aliphatic heterocycles. The van der Waals surface area contributed by atoms with E-state index >= 15 is 0 Å². The maximum Gasteiger partial charge on any atom is 0.122 e. The molecular formula is C14H19N3O. The number of hydrogen-bond donors (Lipinski definition) is 1. The summed E-state index contributed by atoms with van der Waals surface area (Å²) in [5.74, 6) is 0.927. The van der Waals surface area contributed by atoms with E-state index in [1.165, 1.54) is 5.56 Å². The van der Waals surface area contributed by atoms with E-state index in [2.05, 4.69) is 18.1 Å². The van der Waals surface area contributed by atoms with Gasteiger partial charge < -0.3 is 10.5 Å². The first-order valence-electron chi connectivity index (χ1n) is 6.09. The van der Waals surface area contributed by atoms with E-state index in [1.54, 1.807) is 7.11 Å². The molecule has 1 aromatic carbocycles. The Labute approximate surface area is 107 Å². The summed E-state index contributed by atoms with van der Waals surface area (Å²) in [6.07, 6.45) is 0.938. The van der Waals surface area contributed by atoms with Crippen molar-refractivity contribution in [3.63, 3.8) is 0 Å². The lowest BCUT2D eigenvalue weighted by Crippen LogP contribution is -2.03. The van der Waals surface area contributed by atoms with E-state index in [0.717, 1.165) is 29.1 Å². The topological polar surface area (TPSA) is 53.1 Å². The molecule has 0 saturated carbocycles. The van der Waals surface area contributed by atoms with Gasteiger partial charge in [0.15, 0.2) is 0 Å². The van der Waals surface area contributed by atoms with Crippen molar-refractivity contribution in [3.8, 4) is 17.0 Å². The SMILES string of the molecule is CCc1cc(-c2cc(CN)n(C)n2)ccc1OC. The summed E-state index contributed by atoms with van der Waals surface area (Å²) < 4.78 is 7.16. The van der Waals surface area contributed by atoms with Crippen LogP contribution in [-0.4, -0.2) is 16.9 Å². The standard InChI is InChI=1S/C14H19N3O/c1-4-10-7-11(5-6-14(10)18-3)13-8-12(9-15)17(2)16-13/h5-8H,4,9,15H2,1-3H3. The molecule has 0 amide bonds. The number of nitrogens with two attached hydrogens (primary N) is 1. The summed E-state index contributed by atoms with van der Waals surface area (Å²) in [4.78, 5) is 0. The van der Waals surface area contributed by atoms with Gasteiger partial charge in [-0.15, -0.1) is 0 Å². The van der Waals surface area contributed by atoms with Crippen LogP contribution in [0.4, 0.5) is 0 Å². The minimum absolute atomic E-state index is 0.500. The maximum absolute atomic E-state index is 5.66. The van der Waals surface area contributed by atoms with Gasteiger partial charge in [0, 0.05) is 19.2 Å². The molecule has 2 rings (SSSR count). The third-order valence-corrected chi connectivity index (χ3v) is 3.14. The normalized spacial score (nSPS) is 10.7. The second-order valence-electron chi connectivity index (χ2n) is 4.23. The fraction of sp³-hybridized carbons (Fsp3) is 0.357. The minimum atomic E-state index is 0.500. The van der Waals surface area contributed by atoms with Gasteiger partial charge in [0.25, 0.3) is 0 Å². The summed E-state index contributed by atoms with van der Waals surface area (Å²) in [6.45, 7) is 2.62. The first-order chi connectivity index (χ1) is 8.69. The van der Waals surface area contributed by atoms with Gasteiger partial charge in [-0.2, -0.15) is 5.10 Å². The molecule has 18 heavy (non-hydrogen) atoms. The van der Waals surface area contributed by atoms with Gasteiger partial charge in [-0.05, 0) is 36.2 Å². The second-order valence-corrected chi connectivity index (χ2v) is 4.23. The molecule has 0 aliphatic rings. The minimum Gasteiger partial charge on any atom is -0.496 e. The van der Waals surface area contributed by atoms with Gasteiger partial charge in [-0.1, -0.05) is 6.92 Å². The largest absolute Gasteiger partial charge is 0.496 e. The third kappa shape index (κ3) is 2.24. The fourth-order valence-corrected chi connectivity index (χ4v) is 2.05. The number of methoxy groups -OCH3 is 1. The number of nitrogens with zero attached hydrogens (tertiary/aromatic N) is 2. The molecule has 0 spiro atoms. The summed E-state index contributed by atoms with van der Waals surface area (Å²) in [5.41, 5.74) is 9.93. The van der Waals surface area contributed by atoms with E-state index in [1.807, 2.05) is 29.9 Å². The van der Waals surface area contributed by atoms with Crippen LogP contribution < -0.4 is 10.5 Å². The van der Waals surface area contributed by atoms with Crippen molar-refractivity contribution in [1.82, 2.24) is 9.78 Å². The molecule has 1 heterocycles. The molecule has 0 fully saturated rings. The van der Waals surface area contributed by atoms with Gasteiger partial charge >= 0.3 is 0 Å². The lowest BCUT2D eigenvalue weighted by Gasteiger charge is -2.07. The molecule has 0 bridgehead atoms. The van der Waals surface area contributed by atoms with E-state index in [-0.39, 0.29) is 0 Å². The van der Waals surface area contributed by atoms with Crippen molar-refractivity contribution in [1.29, 1.82) is 0 Å². The van der Waals surface area contributed by atoms with Crippen LogP contribution in [0.25, 0.3) is 11.3 Å². The summed E-state index contributed by atoms with van der Waals surface area (Å²) in [7, 11) is 3.61. The van der Waals surface area contributed by atoms with Gasteiger partial charge in [-0.25, -0.2) is 0 Å². The highest BCUT2D eigenvalue weighted by atomic mass is 16.5. The van der Waals surface area contributed by atoms with E-state index in [0.29, 0.717) is 6.54 Å². The van der Waals surface area contributed by atoms with Crippen LogP contribution in [-0.2, 0) is 20.0 Å². The zero-order valence-electron chi connectivity index (χ0n) is 11.1. The molecule has 2 N–H and O–H groups in total. The fourth-order valence-electron chi connectivity index (χ4n) is 2.05. The molecule has 2 aromatic rings. The van der Waals surface area contributed by atoms with Crippen molar-refractivity contribution in [2.24, 2.45) is 12.8 Å². The molecule has 96 valence electrons. The number of aryl methyl sites for hydroxylation is 2. The molecular weight excluding hydrogens is 226 g/mol. The lowest BCUT2D eigenvalue weighted by atomic mass is 10.1. The zero-order chi connectivity index (χ0) is 13.1. The van der Waals surface area contributed by atoms with Crippen molar-refractivity contribution in [2.75, 3.05) is 7.11 Å². The second kappa shape index (κ2) is 5.23. The number of rotatable bonds is 4. The summed E-state index contributed by atoms with van der Waals surface area (Å²) in [6, 6.07) is 8.17. The predicted octanol–water partition coefficient (Wildman–Crippen LogP) is 2.12. The highest BCUT2D eigenvalue weighted by Gasteiger charge is 2.08. The number of benzene rings is 1. The monoisotopic (exact) mass is 245 g/mol. The summed E-state index contributed by atoms with van der Waals surface area (Å²) in [5, 5.41) is 4.48.